The molecule has 9 rings (SSSR count). The first kappa shape index (κ1) is 29.4. The number of hydrogen-bond donors (Lipinski definition) is 0. The molecule has 0 spiro atoms. The minimum Gasteiger partial charge on any atom is -0.310 e. The Hall–Kier alpha value is -5.70. The molecule has 0 saturated carbocycles. The van der Waals surface area contributed by atoms with Crippen molar-refractivity contribution >= 4 is 70.1 Å². The summed E-state index contributed by atoms with van der Waals surface area (Å²) < 4.78 is 2.65. The highest BCUT2D eigenvalue weighted by atomic mass is 32.1. The maximum Gasteiger partial charge on any atom is 0.0476 e. The molecule has 234 valence electrons. The molecule has 1 aromatic heterocycles. The molecule has 0 fully saturated rings. The second kappa shape index (κ2) is 11.8. The molecule has 1 nitrogen and oxygen atoms in total. The summed E-state index contributed by atoms with van der Waals surface area (Å²) in [6.07, 6.45) is 0. The van der Waals surface area contributed by atoms with E-state index in [1.807, 2.05) is 11.3 Å². The number of hydrogen-bond acceptors (Lipinski definition) is 2. The summed E-state index contributed by atoms with van der Waals surface area (Å²) in [5, 5.41) is 7.86. The van der Waals surface area contributed by atoms with E-state index in [0.29, 0.717) is 0 Å². The molecule has 0 saturated heterocycles. The second-order valence-corrected chi connectivity index (χ2v) is 14.4. The summed E-state index contributed by atoms with van der Waals surface area (Å²) in [5.74, 6) is 0. The normalized spacial score (nSPS) is 11.9. The van der Waals surface area contributed by atoms with Crippen LogP contribution < -0.4 is 4.90 Å². The molecule has 9 aromatic rings. The Morgan fingerprint density at radius 3 is 1.73 bits per heavy atom. The molecule has 0 unspecified atom stereocenters. The van der Waals surface area contributed by atoms with Crippen LogP contribution in [0.15, 0.2) is 176 Å². The predicted molar refractivity (Wildman–Crippen MR) is 213 cm³/mol. The van der Waals surface area contributed by atoms with E-state index in [1.165, 1.54) is 64.0 Å². The fourth-order valence-electron chi connectivity index (χ4n) is 7.38. The van der Waals surface area contributed by atoms with Gasteiger partial charge in [0.1, 0.15) is 0 Å². The lowest BCUT2D eigenvalue weighted by Crippen LogP contribution is -2.19. The monoisotopic (exact) mass is 645 g/mol. The van der Waals surface area contributed by atoms with Gasteiger partial charge < -0.3 is 4.90 Å². The Morgan fingerprint density at radius 1 is 0.429 bits per heavy atom. The maximum atomic E-state index is 2.39. The topological polar surface area (TPSA) is 3.24 Å². The van der Waals surface area contributed by atoms with Gasteiger partial charge in [0.15, 0.2) is 0 Å². The lowest BCUT2D eigenvalue weighted by molar-refractivity contribution is 0.641. The van der Waals surface area contributed by atoms with E-state index in [1.54, 1.807) is 0 Å². The van der Waals surface area contributed by atoms with Crippen molar-refractivity contribution in [3.05, 3.63) is 187 Å². The second-order valence-electron chi connectivity index (χ2n) is 13.4. The highest BCUT2D eigenvalue weighted by molar-refractivity contribution is 7.26. The molecule has 8 aromatic carbocycles. The molecule has 49 heavy (non-hydrogen) atoms. The quantitative estimate of drug-likeness (QED) is 0.163. The Labute approximate surface area is 291 Å². The van der Waals surface area contributed by atoms with Crippen LogP contribution in [0, 0.1) is 0 Å². The predicted octanol–water partition coefficient (Wildman–Crippen LogP) is 13.8. The van der Waals surface area contributed by atoms with Gasteiger partial charge in [0.2, 0.25) is 0 Å². The van der Waals surface area contributed by atoms with Gasteiger partial charge in [0.25, 0.3) is 0 Å². The summed E-state index contributed by atoms with van der Waals surface area (Å²) in [6, 6.07) is 64.3. The van der Waals surface area contributed by atoms with Gasteiger partial charge in [0.05, 0.1) is 0 Å². The van der Waals surface area contributed by atoms with Gasteiger partial charge in [-0.3, -0.25) is 0 Å². The van der Waals surface area contributed by atoms with Crippen LogP contribution in [0.4, 0.5) is 17.1 Å². The summed E-state index contributed by atoms with van der Waals surface area (Å²) in [6.45, 7) is 4.61. The van der Waals surface area contributed by atoms with E-state index in [2.05, 4.69) is 195 Å². The van der Waals surface area contributed by atoms with Gasteiger partial charge in [0, 0.05) is 48.0 Å². The third-order valence-electron chi connectivity index (χ3n) is 10.2. The Kier molecular flexibility index (Phi) is 7.07. The molecule has 0 aliphatic rings. The highest BCUT2D eigenvalue weighted by Gasteiger charge is 2.24. The minimum atomic E-state index is -0.106. The maximum absolute atomic E-state index is 2.39. The Morgan fingerprint density at radius 2 is 0.980 bits per heavy atom. The minimum absolute atomic E-state index is 0.106. The smallest absolute Gasteiger partial charge is 0.0476 e. The third kappa shape index (κ3) is 5.08. The van der Waals surface area contributed by atoms with Crippen molar-refractivity contribution in [2.45, 2.75) is 19.3 Å². The zero-order valence-electron chi connectivity index (χ0n) is 27.6. The van der Waals surface area contributed by atoms with Crippen molar-refractivity contribution in [1.29, 1.82) is 0 Å². The molecule has 0 atom stereocenters. The first-order valence-electron chi connectivity index (χ1n) is 16.9. The van der Waals surface area contributed by atoms with Gasteiger partial charge in [-0.25, -0.2) is 0 Å². The number of benzene rings is 8. The molecule has 0 aliphatic carbocycles. The molecular weight excluding hydrogens is 611 g/mol. The molecule has 0 amide bonds. The average molecular weight is 646 g/mol. The highest BCUT2D eigenvalue weighted by Crippen LogP contribution is 2.44. The number of rotatable bonds is 6. The summed E-state index contributed by atoms with van der Waals surface area (Å²) in [5.41, 5.74) is 8.35. The number of thiophene rings is 1. The van der Waals surface area contributed by atoms with Gasteiger partial charge in [-0.1, -0.05) is 153 Å². The summed E-state index contributed by atoms with van der Waals surface area (Å²) in [4.78, 5) is 2.39. The van der Waals surface area contributed by atoms with Crippen LogP contribution in [0.25, 0.3) is 52.8 Å². The third-order valence-corrected chi connectivity index (χ3v) is 11.3. The van der Waals surface area contributed by atoms with E-state index in [9.17, 15) is 0 Å². The first-order valence-corrected chi connectivity index (χ1v) is 17.7. The fourth-order valence-corrected chi connectivity index (χ4v) is 8.68. The van der Waals surface area contributed by atoms with Crippen LogP contribution in [0.1, 0.15) is 25.0 Å². The van der Waals surface area contributed by atoms with E-state index >= 15 is 0 Å². The summed E-state index contributed by atoms with van der Waals surface area (Å²) in [7, 11) is 0. The van der Waals surface area contributed by atoms with Gasteiger partial charge >= 0.3 is 0 Å². The van der Waals surface area contributed by atoms with Crippen molar-refractivity contribution in [2.24, 2.45) is 0 Å². The SMILES string of the molecule is CC(C)(c1ccccc1)c1ccc(N(c2ccc(-c3ccccc3)cc2)c2ccc3c(c2)sc2c3ccc3ccc4ccccc4c32)cc1. The van der Waals surface area contributed by atoms with Crippen molar-refractivity contribution in [3.8, 4) is 11.1 Å². The molecule has 2 heteroatoms. The van der Waals surface area contributed by atoms with Gasteiger partial charge in [-0.2, -0.15) is 0 Å². The molecular formula is C47H35NS. The standard InChI is InChI=1S/C47H35NS/c1-47(2,36-14-7-4-8-15-36)37-22-26-39(27-23-37)48(38-24-19-33(20-25-38)32-11-5-3-6-12-32)40-28-30-42-43-29-21-35-18-17-34-13-9-10-16-41(34)45(35)46(43)49-44(42)31-40/h3-31H,1-2H3. The Bertz CT molecular complexity index is 2600. The average Bonchev–Trinajstić information content (AvgIpc) is 3.54. The summed E-state index contributed by atoms with van der Waals surface area (Å²) >= 11 is 1.90. The van der Waals surface area contributed by atoms with Crippen molar-refractivity contribution in [1.82, 2.24) is 0 Å². The number of anilines is 3. The Balaban J connectivity index is 1.19. The van der Waals surface area contributed by atoms with Crippen molar-refractivity contribution in [3.63, 3.8) is 0 Å². The molecule has 1 heterocycles. The zero-order chi connectivity index (χ0) is 33.0. The van der Waals surface area contributed by atoms with Crippen LogP contribution in [0.2, 0.25) is 0 Å². The lowest BCUT2D eigenvalue weighted by Gasteiger charge is -2.29. The van der Waals surface area contributed by atoms with Crippen molar-refractivity contribution < 1.29 is 0 Å². The van der Waals surface area contributed by atoms with E-state index in [-0.39, 0.29) is 5.41 Å². The van der Waals surface area contributed by atoms with Crippen LogP contribution >= 0.6 is 11.3 Å². The fraction of sp³-hybridized carbons (Fsp3) is 0.0638. The van der Waals surface area contributed by atoms with Gasteiger partial charge in [-0.15, -0.1) is 11.3 Å². The van der Waals surface area contributed by atoms with E-state index < -0.39 is 0 Å². The number of fused-ring (bicyclic) bond motifs is 7. The van der Waals surface area contributed by atoms with Crippen LogP contribution in [0.5, 0.6) is 0 Å². The van der Waals surface area contributed by atoms with Crippen molar-refractivity contribution in [2.75, 3.05) is 4.90 Å². The van der Waals surface area contributed by atoms with Crippen LogP contribution in [-0.4, -0.2) is 0 Å². The van der Waals surface area contributed by atoms with Crippen LogP contribution in [0.3, 0.4) is 0 Å². The largest absolute Gasteiger partial charge is 0.310 e. The zero-order valence-corrected chi connectivity index (χ0v) is 28.4. The van der Waals surface area contributed by atoms with E-state index in [0.717, 1.165) is 17.1 Å². The molecule has 0 aliphatic heterocycles. The lowest BCUT2D eigenvalue weighted by atomic mass is 9.78. The molecule has 0 bridgehead atoms. The van der Waals surface area contributed by atoms with E-state index in [4.69, 9.17) is 0 Å². The first-order chi connectivity index (χ1) is 24.0. The number of nitrogens with zero attached hydrogens (tertiary/aromatic N) is 1. The van der Waals surface area contributed by atoms with Gasteiger partial charge in [-0.05, 0) is 74.8 Å². The molecule has 0 N–H and O–H groups in total. The van der Waals surface area contributed by atoms with Crippen LogP contribution in [-0.2, 0) is 5.41 Å². The molecule has 0 radical (unpaired) electrons.